The van der Waals surface area contributed by atoms with Crippen LogP contribution in [0, 0.1) is 5.92 Å². The van der Waals surface area contributed by atoms with Crippen LogP contribution in [0.2, 0.25) is 0 Å². The van der Waals surface area contributed by atoms with Crippen LogP contribution < -0.4 is 5.32 Å². The maximum Gasteiger partial charge on any atom is 0.228 e. The zero-order valence-corrected chi connectivity index (χ0v) is 15.0. The van der Waals surface area contributed by atoms with Gasteiger partial charge in [0.25, 0.3) is 0 Å². The number of nitrogens with zero attached hydrogens (tertiary/aromatic N) is 5. The highest BCUT2D eigenvalue weighted by atomic mass is 16.1. The number of hydrogen-bond donors (Lipinski definition) is 1. The highest BCUT2D eigenvalue weighted by Gasteiger charge is 2.23. The number of anilines is 1. The van der Waals surface area contributed by atoms with Crippen molar-refractivity contribution in [3.8, 4) is 11.3 Å². The maximum absolute atomic E-state index is 12.5. The normalized spacial score (nSPS) is 16.1. The van der Waals surface area contributed by atoms with Crippen LogP contribution in [0.25, 0.3) is 22.2 Å². The van der Waals surface area contributed by atoms with Crippen molar-refractivity contribution in [3.63, 3.8) is 0 Å². The zero-order valence-electron chi connectivity index (χ0n) is 15.0. The molecule has 26 heavy (non-hydrogen) atoms. The Hall–Kier alpha value is -2.80. The predicted octanol–water partition coefficient (Wildman–Crippen LogP) is 2.31. The summed E-state index contributed by atoms with van der Waals surface area (Å²) in [4.78, 5) is 23.8. The van der Waals surface area contributed by atoms with Crippen molar-refractivity contribution in [1.29, 1.82) is 0 Å². The average molecular weight is 350 g/mol. The summed E-state index contributed by atoms with van der Waals surface area (Å²) in [6.07, 6.45) is 7.24. The first-order chi connectivity index (χ1) is 12.6. The predicted molar refractivity (Wildman–Crippen MR) is 101 cm³/mol. The summed E-state index contributed by atoms with van der Waals surface area (Å²) in [6, 6.07) is 5.78. The Morgan fingerprint density at radius 3 is 2.73 bits per heavy atom. The zero-order chi connectivity index (χ0) is 18.1. The Balaban J connectivity index is 1.55. The molecule has 1 fully saturated rings. The number of aryl methyl sites for hydroxylation is 1. The molecular formula is C19H22N6O. The highest BCUT2D eigenvalue weighted by Crippen LogP contribution is 2.23. The molecule has 0 atom stereocenters. The van der Waals surface area contributed by atoms with Gasteiger partial charge in [0, 0.05) is 42.4 Å². The number of fused-ring (bicyclic) bond motifs is 1. The topological polar surface area (TPSA) is 75.9 Å². The minimum Gasteiger partial charge on any atom is -0.310 e. The van der Waals surface area contributed by atoms with Gasteiger partial charge in [0.15, 0.2) is 0 Å². The van der Waals surface area contributed by atoms with E-state index in [0.29, 0.717) is 5.82 Å². The fraction of sp³-hybridized carbons (Fsp3) is 0.368. The van der Waals surface area contributed by atoms with Crippen molar-refractivity contribution in [2.45, 2.75) is 12.8 Å². The molecule has 4 rings (SSSR count). The van der Waals surface area contributed by atoms with Crippen molar-refractivity contribution >= 4 is 22.6 Å². The van der Waals surface area contributed by atoms with E-state index in [1.807, 2.05) is 31.4 Å². The van der Waals surface area contributed by atoms with E-state index < -0.39 is 0 Å². The van der Waals surface area contributed by atoms with Crippen LogP contribution in [0.4, 0.5) is 5.82 Å². The molecule has 1 aliphatic heterocycles. The summed E-state index contributed by atoms with van der Waals surface area (Å²) < 4.78 is 1.75. The van der Waals surface area contributed by atoms with Gasteiger partial charge in [0.1, 0.15) is 5.82 Å². The summed E-state index contributed by atoms with van der Waals surface area (Å²) in [7, 11) is 3.97. The van der Waals surface area contributed by atoms with E-state index in [2.05, 4.69) is 27.3 Å². The van der Waals surface area contributed by atoms with Crippen LogP contribution in [-0.2, 0) is 11.8 Å². The average Bonchev–Trinajstić information content (AvgIpc) is 3.08. The summed E-state index contributed by atoms with van der Waals surface area (Å²) in [5.74, 6) is 0.656. The summed E-state index contributed by atoms with van der Waals surface area (Å²) in [5.41, 5.74) is 2.62. The molecule has 1 amide bonds. The molecule has 3 aromatic rings. The van der Waals surface area contributed by atoms with E-state index in [0.717, 1.165) is 48.1 Å². The van der Waals surface area contributed by atoms with E-state index in [-0.39, 0.29) is 11.8 Å². The maximum atomic E-state index is 12.5. The number of likely N-dealkylation sites (tertiary alicyclic amines) is 1. The van der Waals surface area contributed by atoms with E-state index in [1.54, 1.807) is 17.1 Å². The van der Waals surface area contributed by atoms with Gasteiger partial charge in [0.2, 0.25) is 5.91 Å². The Morgan fingerprint density at radius 2 is 2.00 bits per heavy atom. The second kappa shape index (κ2) is 6.84. The lowest BCUT2D eigenvalue weighted by Crippen LogP contribution is -2.36. The van der Waals surface area contributed by atoms with E-state index in [1.165, 1.54) is 0 Å². The van der Waals surface area contributed by atoms with Gasteiger partial charge < -0.3 is 10.2 Å². The number of hydrogen-bond acceptors (Lipinski definition) is 5. The molecule has 0 aromatic carbocycles. The number of piperidine rings is 1. The van der Waals surface area contributed by atoms with E-state index >= 15 is 0 Å². The van der Waals surface area contributed by atoms with Crippen LogP contribution in [-0.4, -0.2) is 50.7 Å². The summed E-state index contributed by atoms with van der Waals surface area (Å²) in [6.45, 7) is 1.92. The lowest BCUT2D eigenvalue weighted by atomic mass is 9.96. The smallest absolute Gasteiger partial charge is 0.228 e. The van der Waals surface area contributed by atoms with Crippen LogP contribution in [0.5, 0.6) is 0 Å². The quantitative estimate of drug-likeness (QED) is 0.784. The lowest BCUT2D eigenvalue weighted by molar-refractivity contribution is -0.121. The van der Waals surface area contributed by atoms with Gasteiger partial charge in [-0.1, -0.05) is 0 Å². The van der Waals surface area contributed by atoms with E-state index in [9.17, 15) is 4.79 Å². The van der Waals surface area contributed by atoms with Gasteiger partial charge in [-0.05, 0) is 45.1 Å². The SMILES string of the molecule is CN1CCC(C(=O)Nc2cc3nc(-c4cnn(C)c4)ccc3cn2)CC1. The molecule has 0 bridgehead atoms. The first kappa shape index (κ1) is 16.7. The molecule has 0 radical (unpaired) electrons. The van der Waals surface area contributed by atoms with Crippen molar-refractivity contribution < 1.29 is 4.79 Å². The van der Waals surface area contributed by atoms with Crippen molar-refractivity contribution in [1.82, 2.24) is 24.6 Å². The van der Waals surface area contributed by atoms with E-state index in [4.69, 9.17) is 4.98 Å². The first-order valence-corrected chi connectivity index (χ1v) is 8.84. The third kappa shape index (κ3) is 3.43. The summed E-state index contributed by atoms with van der Waals surface area (Å²) in [5, 5.41) is 8.09. The summed E-state index contributed by atoms with van der Waals surface area (Å²) >= 11 is 0. The highest BCUT2D eigenvalue weighted by molar-refractivity contribution is 5.93. The lowest BCUT2D eigenvalue weighted by Gasteiger charge is -2.27. The van der Waals surface area contributed by atoms with Gasteiger partial charge in [-0.25, -0.2) is 9.97 Å². The fourth-order valence-electron chi connectivity index (χ4n) is 3.30. The number of aromatic nitrogens is 4. The molecule has 1 N–H and O–H groups in total. The minimum absolute atomic E-state index is 0.0494. The molecule has 3 aromatic heterocycles. The van der Waals surface area contributed by atoms with Crippen LogP contribution in [0.1, 0.15) is 12.8 Å². The van der Waals surface area contributed by atoms with Crippen molar-refractivity contribution in [2.24, 2.45) is 13.0 Å². The second-order valence-electron chi connectivity index (χ2n) is 6.93. The molecule has 1 aliphatic rings. The first-order valence-electron chi connectivity index (χ1n) is 8.84. The number of pyridine rings is 2. The third-order valence-electron chi connectivity index (χ3n) is 4.91. The molecular weight excluding hydrogens is 328 g/mol. The Kier molecular flexibility index (Phi) is 4.38. The van der Waals surface area contributed by atoms with Gasteiger partial charge in [-0.15, -0.1) is 0 Å². The number of carbonyl (C=O) groups is 1. The van der Waals surface area contributed by atoms with Crippen molar-refractivity contribution in [3.05, 3.63) is 36.8 Å². The molecule has 1 saturated heterocycles. The molecule has 4 heterocycles. The monoisotopic (exact) mass is 350 g/mol. The van der Waals surface area contributed by atoms with Crippen LogP contribution in [0.15, 0.2) is 36.8 Å². The number of carbonyl (C=O) groups excluding carboxylic acids is 1. The largest absolute Gasteiger partial charge is 0.310 e. The Labute approximate surface area is 152 Å². The van der Waals surface area contributed by atoms with Gasteiger partial charge in [-0.2, -0.15) is 5.10 Å². The molecule has 7 nitrogen and oxygen atoms in total. The number of rotatable bonds is 3. The fourth-order valence-corrected chi connectivity index (χ4v) is 3.30. The standard InChI is InChI=1S/C19H22N6O/c1-24-7-5-13(6-8-24)19(26)23-18-9-17-14(10-20-18)3-4-16(22-17)15-11-21-25(2)12-15/h3-4,9-13H,5-8H2,1-2H3,(H,20,23,26). The number of amides is 1. The molecule has 0 spiro atoms. The second-order valence-corrected chi connectivity index (χ2v) is 6.93. The van der Waals surface area contributed by atoms with Gasteiger partial charge >= 0.3 is 0 Å². The molecule has 7 heteroatoms. The van der Waals surface area contributed by atoms with Gasteiger partial charge in [-0.3, -0.25) is 9.48 Å². The Morgan fingerprint density at radius 1 is 1.19 bits per heavy atom. The molecule has 0 aliphatic carbocycles. The number of nitrogens with one attached hydrogen (secondary N) is 1. The minimum atomic E-state index is 0.0494. The molecule has 0 saturated carbocycles. The van der Waals surface area contributed by atoms with Crippen LogP contribution >= 0.6 is 0 Å². The Bertz CT molecular complexity index is 942. The van der Waals surface area contributed by atoms with Gasteiger partial charge in [0.05, 0.1) is 17.4 Å². The van der Waals surface area contributed by atoms with Crippen LogP contribution in [0.3, 0.4) is 0 Å². The molecule has 134 valence electrons. The van der Waals surface area contributed by atoms with Crippen molar-refractivity contribution in [2.75, 3.05) is 25.5 Å². The molecule has 0 unspecified atom stereocenters. The third-order valence-corrected chi connectivity index (χ3v) is 4.91.